The molecule has 10 heteroatoms. The van der Waals surface area contributed by atoms with Crippen LogP contribution < -0.4 is 10.9 Å². The second-order valence-electron chi connectivity index (χ2n) is 7.87. The zero-order chi connectivity index (χ0) is 20.9. The van der Waals surface area contributed by atoms with E-state index < -0.39 is 25.4 Å². The average molecular weight is 420 g/mol. The van der Waals surface area contributed by atoms with Gasteiger partial charge in [-0.1, -0.05) is 19.6 Å². The molecular formula is C18H28F3N3O3Si. The number of ether oxygens (including phenoxy) is 2. The fraction of sp³-hybridized carbons (Fsp3) is 0.611. The Morgan fingerprint density at radius 2 is 1.96 bits per heavy atom. The maximum atomic E-state index is 13.4. The van der Waals surface area contributed by atoms with E-state index in [-0.39, 0.29) is 17.6 Å². The van der Waals surface area contributed by atoms with Crippen molar-refractivity contribution in [3.05, 3.63) is 33.9 Å². The van der Waals surface area contributed by atoms with Crippen LogP contribution in [0.1, 0.15) is 11.3 Å². The standard InChI is InChI=1S/C18H28F3N3O3Si/c1-26-6-5-22-10-13-9-14-15(18(19,20)21)11-23-17(25)16(14)24(13)12-27-7-8-28(2,3)4/h9,11,22H,5-8,10,12H2,1-4H3,(H,23,25). The molecule has 6 nitrogen and oxygen atoms in total. The van der Waals surface area contributed by atoms with Crippen molar-refractivity contribution in [3.8, 4) is 0 Å². The molecular weight excluding hydrogens is 391 g/mol. The molecule has 2 rings (SSSR count). The van der Waals surface area contributed by atoms with Crippen LogP contribution in [-0.4, -0.2) is 44.5 Å². The molecule has 0 unspecified atom stereocenters. The van der Waals surface area contributed by atoms with E-state index in [1.165, 1.54) is 10.6 Å². The lowest BCUT2D eigenvalue weighted by atomic mass is 10.2. The molecule has 2 heterocycles. The predicted octanol–water partition coefficient (Wildman–Crippen LogP) is 3.40. The first-order valence-corrected chi connectivity index (χ1v) is 12.8. The Hall–Kier alpha value is -1.62. The first-order valence-electron chi connectivity index (χ1n) is 9.13. The molecule has 0 atom stereocenters. The zero-order valence-corrected chi connectivity index (χ0v) is 17.7. The van der Waals surface area contributed by atoms with Gasteiger partial charge in [-0.15, -0.1) is 0 Å². The van der Waals surface area contributed by atoms with Gasteiger partial charge in [0, 0.05) is 52.2 Å². The van der Waals surface area contributed by atoms with Crippen molar-refractivity contribution in [3.63, 3.8) is 0 Å². The molecule has 0 radical (unpaired) electrons. The molecule has 0 fully saturated rings. The highest BCUT2D eigenvalue weighted by atomic mass is 28.3. The van der Waals surface area contributed by atoms with Crippen LogP contribution in [0.4, 0.5) is 13.2 Å². The molecule has 2 aromatic heterocycles. The summed E-state index contributed by atoms with van der Waals surface area (Å²) in [5.74, 6) is 0. The smallest absolute Gasteiger partial charge is 0.383 e. The molecule has 0 aliphatic carbocycles. The van der Waals surface area contributed by atoms with Gasteiger partial charge in [0.15, 0.2) is 0 Å². The van der Waals surface area contributed by atoms with E-state index in [2.05, 4.69) is 29.9 Å². The number of H-pyrrole nitrogens is 1. The highest BCUT2D eigenvalue weighted by Crippen LogP contribution is 2.34. The van der Waals surface area contributed by atoms with Crippen molar-refractivity contribution < 1.29 is 22.6 Å². The fourth-order valence-corrected chi connectivity index (χ4v) is 3.55. The van der Waals surface area contributed by atoms with Gasteiger partial charge < -0.3 is 24.3 Å². The van der Waals surface area contributed by atoms with Crippen molar-refractivity contribution in [1.29, 1.82) is 0 Å². The summed E-state index contributed by atoms with van der Waals surface area (Å²) < 4.78 is 52.4. The van der Waals surface area contributed by atoms with Gasteiger partial charge in [0.2, 0.25) is 0 Å². The number of alkyl halides is 3. The van der Waals surface area contributed by atoms with Crippen molar-refractivity contribution in [1.82, 2.24) is 14.9 Å². The Labute approximate surface area is 163 Å². The van der Waals surface area contributed by atoms with Crippen LogP contribution in [0.15, 0.2) is 17.1 Å². The number of hydrogen-bond acceptors (Lipinski definition) is 4. The molecule has 0 amide bonds. The summed E-state index contributed by atoms with van der Waals surface area (Å²) in [5, 5.41) is 2.99. The normalized spacial score (nSPS) is 12.8. The largest absolute Gasteiger partial charge is 0.418 e. The third-order valence-electron chi connectivity index (χ3n) is 4.35. The summed E-state index contributed by atoms with van der Waals surface area (Å²) in [4.78, 5) is 14.5. The number of pyridine rings is 1. The molecule has 0 saturated heterocycles. The molecule has 0 aliphatic heterocycles. The lowest BCUT2D eigenvalue weighted by Gasteiger charge is -2.17. The Morgan fingerprint density at radius 3 is 2.57 bits per heavy atom. The molecule has 158 valence electrons. The van der Waals surface area contributed by atoms with Gasteiger partial charge in [-0.3, -0.25) is 4.79 Å². The number of nitrogens with zero attached hydrogens (tertiary/aromatic N) is 1. The zero-order valence-electron chi connectivity index (χ0n) is 16.7. The van der Waals surface area contributed by atoms with Gasteiger partial charge in [0.25, 0.3) is 5.56 Å². The molecule has 2 aromatic rings. The second-order valence-corrected chi connectivity index (χ2v) is 13.5. The number of aromatic nitrogens is 2. The number of halogens is 3. The van der Waals surface area contributed by atoms with Crippen molar-refractivity contribution in [2.75, 3.05) is 26.9 Å². The molecule has 28 heavy (non-hydrogen) atoms. The minimum atomic E-state index is -4.56. The minimum Gasteiger partial charge on any atom is -0.383 e. The van der Waals surface area contributed by atoms with Gasteiger partial charge in [-0.2, -0.15) is 13.2 Å². The Kier molecular flexibility index (Phi) is 7.49. The quantitative estimate of drug-likeness (QED) is 0.458. The van der Waals surface area contributed by atoms with Crippen LogP contribution in [0, 0.1) is 0 Å². The van der Waals surface area contributed by atoms with Crippen LogP contribution in [0.5, 0.6) is 0 Å². The molecule has 0 aromatic carbocycles. The fourth-order valence-electron chi connectivity index (χ4n) is 2.79. The van der Waals surface area contributed by atoms with Gasteiger partial charge in [0.1, 0.15) is 12.2 Å². The van der Waals surface area contributed by atoms with Crippen molar-refractivity contribution in [2.24, 2.45) is 0 Å². The summed E-state index contributed by atoms with van der Waals surface area (Å²) in [7, 11) is 0.271. The van der Waals surface area contributed by atoms with Crippen molar-refractivity contribution >= 4 is 19.0 Å². The predicted molar refractivity (Wildman–Crippen MR) is 105 cm³/mol. The number of rotatable bonds is 10. The van der Waals surface area contributed by atoms with E-state index in [0.29, 0.717) is 32.0 Å². The lowest BCUT2D eigenvalue weighted by Crippen LogP contribution is -2.24. The van der Waals surface area contributed by atoms with E-state index in [4.69, 9.17) is 9.47 Å². The molecule has 0 spiro atoms. The van der Waals surface area contributed by atoms with Gasteiger partial charge >= 0.3 is 6.18 Å². The monoisotopic (exact) mass is 419 g/mol. The van der Waals surface area contributed by atoms with Crippen LogP contribution in [-0.2, 0) is 28.9 Å². The van der Waals surface area contributed by atoms with E-state index in [1.54, 1.807) is 7.11 Å². The maximum absolute atomic E-state index is 13.4. The SMILES string of the molecule is COCCNCc1cc2c(C(F)(F)F)c[nH]c(=O)c2n1COCC[Si](C)(C)C. The summed E-state index contributed by atoms with van der Waals surface area (Å²) in [6, 6.07) is 2.34. The van der Waals surface area contributed by atoms with Gasteiger partial charge in [-0.05, 0) is 12.1 Å². The Balaban J connectivity index is 2.37. The van der Waals surface area contributed by atoms with Crippen molar-refractivity contribution in [2.45, 2.75) is 45.1 Å². The van der Waals surface area contributed by atoms with E-state index in [9.17, 15) is 18.0 Å². The van der Waals surface area contributed by atoms with Crippen LogP contribution in [0.3, 0.4) is 0 Å². The molecule has 0 bridgehead atoms. The lowest BCUT2D eigenvalue weighted by molar-refractivity contribution is -0.136. The Bertz CT molecular complexity index is 841. The Morgan fingerprint density at radius 1 is 1.25 bits per heavy atom. The number of methoxy groups -OCH3 is 1. The van der Waals surface area contributed by atoms with Crippen LogP contribution in [0.2, 0.25) is 25.7 Å². The minimum absolute atomic E-state index is 0.0219. The van der Waals surface area contributed by atoms with Crippen LogP contribution in [0.25, 0.3) is 10.9 Å². The van der Waals surface area contributed by atoms with Crippen LogP contribution >= 0.6 is 0 Å². The number of aromatic amines is 1. The highest BCUT2D eigenvalue weighted by Gasteiger charge is 2.34. The summed E-state index contributed by atoms with van der Waals surface area (Å²) >= 11 is 0. The third kappa shape index (κ3) is 5.93. The summed E-state index contributed by atoms with van der Waals surface area (Å²) in [6.07, 6.45) is -3.84. The van der Waals surface area contributed by atoms with E-state index >= 15 is 0 Å². The van der Waals surface area contributed by atoms with E-state index in [0.717, 1.165) is 12.2 Å². The van der Waals surface area contributed by atoms with E-state index in [1.807, 2.05) is 0 Å². The molecule has 0 saturated carbocycles. The van der Waals surface area contributed by atoms with Gasteiger partial charge in [-0.25, -0.2) is 0 Å². The summed E-state index contributed by atoms with van der Waals surface area (Å²) in [5.41, 5.74) is -0.895. The average Bonchev–Trinajstić information content (AvgIpc) is 2.93. The number of fused-ring (bicyclic) bond motifs is 1. The third-order valence-corrected chi connectivity index (χ3v) is 6.05. The first-order chi connectivity index (χ1) is 13.0. The highest BCUT2D eigenvalue weighted by molar-refractivity contribution is 6.76. The first kappa shape index (κ1) is 22.7. The van der Waals surface area contributed by atoms with Gasteiger partial charge in [0.05, 0.1) is 12.2 Å². The molecule has 0 aliphatic rings. The second kappa shape index (κ2) is 9.25. The number of hydrogen-bond donors (Lipinski definition) is 2. The maximum Gasteiger partial charge on any atom is 0.418 e. The summed E-state index contributed by atoms with van der Waals surface area (Å²) in [6.45, 7) is 8.49. The topological polar surface area (TPSA) is 68.3 Å². The number of nitrogens with one attached hydrogen (secondary N) is 2. The molecule has 2 N–H and O–H groups in total.